The van der Waals surface area contributed by atoms with Crippen LogP contribution < -0.4 is 16.1 Å². The van der Waals surface area contributed by atoms with Crippen molar-refractivity contribution in [1.82, 2.24) is 5.48 Å². The van der Waals surface area contributed by atoms with Crippen LogP contribution in [0.3, 0.4) is 0 Å². The summed E-state index contributed by atoms with van der Waals surface area (Å²) in [5.74, 6) is -0.519. The number of hydrogen-bond acceptors (Lipinski definition) is 4. The van der Waals surface area contributed by atoms with Crippen molar-refractivity contribution < 1.29 is 10.0 Å². The molecular weight excluding hydrogens is 266 g/mol. The molecule has 0 spiro atoms. The van der Waals surface area contributed by atoms with Crippen LogP contribution >= 0.6 is 0 Å². The third kappa shape index (κ3) is 2.32. The molecule has 1 aliphatic rings. The van der Waals surface area contributed by atoms with Crippen molar-refractivity contribution >= 4 is 17.3 Å². The van der Waals surface area contributed by atoms with Crippen molar-refractivity contribution in [2.45, 2.75) is 20.0 Å². The number of amides is 1. The number of rotatable bonds is 2. The largest absolute Gasteiger partial charge is 0.360 e. The van der Waals surface area contributed by atoms with Crippen LogP contribution in [0.5, 0.6) is 0 Å². The average molecular weight is 283 g/mol. The summed E-state index contributed by atoms with van der Waals surface area (Å²) in [6, 6.07) is 11.4. The summed E-state index contributed by atoms with van der Waals surface area (Å²) in [5.41, 5.74) is 7.51. The quantitative estimate of drug-likeness (QED) is 0.505. The average Bonchev–Trinajstić information content (AvgIpc) is 2.91. The Morgan fingerprint density at radius 2 is 1.90 bits per heavy atom. The number of anilines is 2. The van der Waals surface area contributed by atoms with E-state index in [1.807, 2.05) is 12.1 Å². The molecule has 108 valence electrons. The van der Waals surface area contributed by atoms with Gasteiger partial charge in [0.15, 0.2) is 0 Å². The Hall–Kier alpha value is -2.53. The Morgan fingerprint density at radius 1 is 1.14 bits per heavy atom. The van der Waals surface area contributed by atoms with Crippen molar-refractivity contribution in [3.8, 4) is 0 Å². The number of aryl methyl sites for hydroxylation is 1. The summed E-state index contributed by atoms with van der Waals surface area (Å²) in [6.45, 7) is 4.19. The molecule has 0 aliphatic carbocycles. The molecule has 0 bridgehead atoms. The van der Waals surface area contributed by atoms with Crippen LogP contribution in [0.25, 0.3) is 0 Å². The molecule has 0 saturated carbocycles. The van der Waals surface area contributed by atoms with E-state index in [-0.39, 0.29) is 6.17 Å². The van der Waals surface area contributed by atoms with Gasteiger partial charge in [-0.05, 0) is 48.7 Å². The number of benzene rings is 2. The molecule has 0 fully saturated rings. The van der Waals surface area contributed by atoms with Gasteiger partial charge in [-0.2, -0.15) is 0 Å². The Kier molecular flexibility index (Phi) is 3.27. The Morgan fingerprint density at radius 3 is 2.67 bits per heavy atom. The van der Waals surface area contributed by atoms with Crippen LogP contribution in [0.2, 0.25) is 0 Å². The Balaban J connectivity index is 1.91. The standard InChI is InChI=1S/C16H17N3O2/c1-9-4-3-5-12(10(9)2)15-17-13-7-6-11(16(20)19-21)8-14(13)18-15/h3-8,15,17-18,21H,1-2H3,(H,19,20). The van der Waals surface area contributed by atoms with Gasteiger partial charge in [-0.15, -0.1) is 0 Å². The minimum absolute atomic E-state index is 0.0210. The SMILES string of the molecule is Cc1cccc(C2Nc3ccc(C(=O)NO)cc3N2)c1C. The van der Waals surface area contributed by atoms with Gasteiger partial charge in [0.05, 0.1) is 11.4 Å². The number of hydroxylamine groups is 1. The van der Waals surface area contributed by atoms with E-state index in [4.69, 9.17) is 5.21 Å². The number of nitrogens with one attached hydrogen (secondary N) is 3. The highest BCUT2D eigenvalue weighted by Gasteiger charge is 2.23. The first-order valence-corrected chi connectivity index (χ1v) is 6.78. The van der Waals surface area contributed by atoms with Gasteiger partial charge in [0, 0.05) is 5.56 Å². The molecule has 21 heavy (non-hydrogen) atoms. The summed E-state index contributed by atoms with van der Waals surface area (Å²) >= 11 is 0. The molecular formula is C16H17N3O2. The third-order valence-corrected chi connectivity index (χ3v) is 3.94. The fourth-order valence-electron chi connectivity index (χ4n) is 2.58. The number of hydrogen-bond donors (Lipinski definition) is 4. The summed E-state index contributed by atoms with van der Waals surface area (Å²) in [6.07, 6.45) is -0.0210. The molecule has 2 aromatic carbocycles. The summed E-state index contributed by atoms with van der Waals surface area (Å²) < 4.78 is 0. The summed E-state index contributed by atoms with van der Waals surface area (Å²) in [7, 11) is 0. The molecule has 1 aliphatic heterocycles. The Bertz CT molecular complexity index is 713. The molecule has 5 nitrogen and oxygen atoms in total. The lowest BCUT2D eigenvalue weighted by Crippen LogP contribution is -2.18. The maximum atomic E-state index is 11.5. The lowest BCUT2D eigenvalue weighted by Gasteiger charge is -2.16. The molecule has 0 saturated heterocycles. The van der Waals surface area contributed by atoms with Crippen molar-refractivity contribution in [2.24, 2.45) is 0 Å². The van der Waals surface area contributed by atoms with Gasteiger partial charge in [0.1, 0.15) is 6.17 Å². The predicted molar refractivity (Wildman–Crippen MR) is 81.6 cm³/mol. The van der Waals surface area contributed by atoms with E-state index in [0.29, 0.717) is 5.56 Å². The highest BCUT2D eigenvalue weighted by Crippen LogP contribution is 2.37. The van der Waals surface area contributed by atoms with Crippen LogP contribution in [0.15, 0.2) is 36.4 Å². The zero-order valence-corrected chi connectivity index (χ0v) is 11.9. The van der Waals surface area contributed by atoms with Crippen LogP contribution in [0, 0.1) is 13.8 Å². The maximum absolute atomic E-state index is 11.5. The van der Waals surface area contributed by atoms with Crippen LogP contribution in [0.1, 0.15) is 33.2 Å². The second-order valence-electron chi connectivity index (χ2n) is 5.21. The number of carbonyl (C=O) groups is 1. The molecule has 1 heterocycles. The molecule has 1 amide bonds. The maximum Gasteiger partial charge on any atom is 0.274 e. The van der Waals surface area contributed by atoms with Crippen molar-refractivity contribution in [2.75, 3.05) is 10.6 Å². The van der Waals surface area contributed by atoms with Gasteiger partial charge < -0.3 is 10.6 Å². The fourth-order valence-corrected chi connectivity index (χ4v) is 2.58. The molecule has 2 aromatic rings. The molecule has 1 unspecified atom stereocenters. The van der Waals surface area contributed by atoms with E-state index in [9.17, 15) is 4.79 Å². The molecule has 0 radical (unpaired) electrons. The third-order valence-electron chi connectivity index (χ3n) is 3.94. The molecule has 0 aromatic heterocycles. The van der Waals surface area contributed by atoms with Gasteiger partial charge in [-0.25, -0.2) is 5.48 Å². The second-order valence-corrected chi connectivity index (χ2v) is 5.21. The molecule has 3 rings (SSSR count). The first-order chi connectivity index (χ1) is 10.1. The molecule has 5 heteroatoms. The smallest absolute Gasteiger partial charge is 0.274 e. The molecule has 1 atom stereocenters. The van der Waals surface area contributed by atoms with Crippen molar-refractivity contribution in [3.63, 3.8) is 0 Å². The van der Waals surface area contributed by atoms with E-state index in [1.165, 1.54) is 16.7 Å². The second kappa shape index (κ2) is 5.10. The first kappa shape index (κ1) is 13.5. The van der Waals surface area contributed by atoms with Crippen LogP contribution in [0.4, 0.5) is 11.4 Å². The molecule has 4 N–H and O–H groups in total. The monoisotopic (exact) mass is 283 g/mol. The van der Waals surface area contributed by atoms with Gasteiger partial charge >= 0.3 is 0 Å². The van der Waals surface area contributed by atoms with E-state index in [1.54, 1.807) is 17.6 Å². The summed E-state index contributed by atoms with van der Waals surface area (Å²) in [4.78, 5) is 11.5. The van der Waals surface area contributed by atoms with E-state index >= 15 is 0 Å². The Labute approximate surface area is 123 Å². The fraction of sp³-hybridized carbons (Fsp3) is 0.188. The van der Waals surface area contributed by atoms with Gasteiger partial charge in [-0.1, -0.05) is 18.2 Å². The predicted octanol–water partition coefficient (Wildman–Crippen LogP) is 2.96. The first-order valence-electron chi connectivity index (χ1n) is 6.78. The topological polar surface area (TPSA) is 73.4 Å². The van der Waals surface area contributed by atoms with Crippen LogP contribution in [-0.2, 0) is 0 Å². The zero-order valence-electron chi connectivity index (χ0n) is 11.9. The minimum atomic E-state index is -0.519. The van der Waals surface area contributed by atoms with Gasteiger partial charge in [0.25, 0.3) is 5.91 Å². The van der Waals surface area contributed by atoms with Crippen molar-refractivity contribution in [1.29, 1.82) is 0 Å². The minimum Gasteiger partial charge on any atom is -0.360 e. The zero-order chi connectivity index (χ0) is 15.0. The highest BCUT2D eigenvalue weighted by atomic mass is 16.5. The van der Waals surface area contributed by atoms with E-state index in [2.05, 4.69) is 36.6 Å². The number of fused-ring (bicyclic) bond motifs is 1. The highest BCUT2D eigenvalue weighted by molar-refractivity contribution is 5.96. The van der Waals surface area contributed by atoms with Gasteiger partial charge in [0.2, 0.25) is 0 Å². The van der Waals surface area contributed by atoms with E-state index in [0.717, 1.165) is 11.4 Å². The normalized spacial score (nSPS) is 15.9. The lowest BCUT2D eigenvalue weighted by atomic mass is 10.0. The lowest BCUT2D eigenvalue weighted by molar-refractivity contribution is 0.0706. The van der Waals surface area contributed by atoms with Gasteiger partial charge in [-0.3, -0.25) is 10.0 Å². The number of carbonyl (C=O) groups excluding carboxylic acids is 1. The van der Waals surface area contributed by atoms with Crippen molar-refractivity contribution in [3.05, 3.63) is 58.7 Å². The summed E-state index contributed by atoms with van der Waals surface area (Å²) in [5, 5.41) is 15.5. The van der Waals surface area contributed by atoms with Crippen LogP contribution in [-0.4, -0.2) is 11.1 Å². The van der Waals surface area contributed by atoms with E-state index < -0.39 is 5.91 Å².